The lowest BCUT2D eigenvalue weighted by atomic mass is 10.1. The summed E-state index contributed by atoms with van der Waals surface area (Å²) >= 11 is 0. The average molecular weight is 362 g/mol. The smallest absolute Gasteiger partial charge is 0.320 e. The van der Waals surface area contributed by atoms with Crippen LogP contribution in [0.15, 0.2) is 41.2 Å². The molecule has 1 amide bonds. The second-order valence-corrected chi connectivity index (χ2v) is 6.51. The van der Waals surface area contributed by atoms with Gasteiger partial charge in [0.15, 0.2) is 5.69 Å². The lowest BCUT2D eigenvalue weighted by Gasteiger charge is -2.05. The van der Waals surface area contributed by atoms with Crippen LogP contribution in [0.5, 0.6) is 0 Å². The van der Waals surface area contributed by atoms with Gasteiger partial charge in [-0.3, -0.25) is 4.79 Å². The first-order valence-electron chi connectivity index (χ1n) is 8.46. The van der Waals surface area contributed by atoms with E-state index < -0.39 is 0 Å². The molecule has 0 fully saturated rings. The Morgan fingerprint density at radius 1 is 1.00 bits per heavy atom. The zero-order valence-electron chi connectivity index (χ0n) is 15.1. The number of aryl methyl sites for hydroxylation is 3. The van der Waals surface area contributed by atoms with Crippen molar-refractivity contribution in [2.45, 2.75) is 20.8 Å². The van der Waals surface area contributed by atoms with Gasteiger partial charge in [0.1, 0.15) is 0 Å². The van der Waals surface area contributed by atoms with Crippen molar-refractivity contribution in [3.05, 3.63) is 69.4 Å². The van der Waals surface area contributed by atoms with Crippen molar-refractivity contribution in [3.63, 3.8) is 0 Å². The second kappa shape index (κ2) is 6.24. The summed E-state index contributed by atoms with van der Waals surface area (Å²) in [5, 5.41) is 11.5. The molecule has 0 atom stereocenters. The fourth-order valence-electron chi connectivity index (χ4n) is 3.03. The van der Waals surface area contributed by atoms with Crippen LogP contribution < -0.4 is 11.0 Å². The number of amides is 1. The van der Waals surface area contributed by atoms with Crippen LogP contribution in [0, 0.1) is 20.8 Å². The van der Waals surface area contributed by atoms with Gasteiger partial charge in [-0.05, 0) is 50.6 Å². The van der Waals surface area contributed by atoms with Crippen LogP contribution in [0.2, 0.25) is 0 Å². The lowest BCUT2D eigenvalue weighted by Crippen LogP contribution is -2.14. The number of aromatic amines is 2. The Hall–Kier alpha value is -3.68. The molecule has 2 aromatic carbocycles. The summed E-state index contributed by atoms with van der Waals surface area (Å²) in [5.74, 6) is -0.360. The highest BCUT2D eigenvalue weighted by Crippen LogP contribution is 2.18. The van der Waals surface area contributed by atoms with Gasteiger partial charge >= 0.3 is 5.69 Å². The van der Waals surface area contributed by atoms with Crippen molar-refractivity contribution in [1.29, 1.82) is 0 Å². The molecule has 136 valence electrons. The molecule has 8 heteroatoms. The Morgan fingerprint density at radius 2 is 1.78 bits per heavy atom. The Balaban J connectivity index is 1.63. The first-order valence-corrected chi connectivity index (χ1v) is 8.46. The summed E-state index contributed by atoms with van der Waals surface area (Å²) in [7, 11) is 0. The molecule has 0 spiro atoms. The minimum Gasteiger partial charge on any atom is -0.320 e. The molecule has 2 aromatic heterocycles. The number of imidazole rings is 1. The van der Waals surface area contributed by atoms with Gasteiger partial charge in [-0.15, -0.1) is 5.10 Å². The maximum absolute atomic E-state index is 12.7. The fraction of sp³-hybridized carbons (Fsp3) is 0.158. The van der Waals surface area contributed by atoms with E-state index >= 15 is 0 Å². The molecular formula is C19H18N6O2. The Labute approximate surface area is 154 Å². The molecule has 4 aromatic rings. The minimum atomic E-state index is -0.360. The molecule has 2 heterocycles. The third-order valence-electron chi connectivity index (χ3n) is 4.34. The quantitative estimate of drug-likeness (QED) is 0.520. The van der Waals surface area contributed by atoms with Crippen molar-refractivity contribution in [3.8, 4) is 5.69 Å². The summed E-state index contributed by atoms with van der Waals surface area (Å²) in [6, 6.07) is 11.1. The van der Waals surface area contributed by atoms with E-state index in [9.17, 15) is 9.59 Å². The molecule has 0 aliphatic heterocycles. The summed E-state index contributed by atoms with van der Waals surface area (Å²) < 4.78 is 0. The number of hydrogen-bond donors (Lipinski definition) is 3. The highest BCUT2D eigenvalue weighted by Gasteiger charge is 2.17. The number of nitrogens with zero attached hydrogens (tertiary/aromatic N) is 3. The Kier molecular flexibility index (Phi) is 3.88. The van der Waals surface area contributed by atoms with Gasteiger partial charge in [-0.2, -0.15) is 9.90 Å². The normalized spacial score (nSPS) is 11.1. The number of anilines is 1. The molecule has 0 saturated heterocycles. The topological polar surface area (TPSA) is 108 Å². The number of nitrogens with one attached hydrogen (secondary N) is 3. The second-order valence-electron chi connectivity index (χ2n) is 6.51. The number of fused-ring (bicyclic) bond motifs is 1. The van der Waals surface area contributed by atoms with Crippen LogP contribution >= 0.6 is 0 Å². The summed E-state index contributed by atoms with van der Waals surface area (Å²) in [5.41, 5.74) is 5.35. The molecular weight excluding hydrogens is 344 g/mol. The zero-order chi connectivity index (χ0) is 19.1. The average Bonchev–Trinajstić information content (AvgIpc) is 3.16. The maximum Gasteiger partial charge on any atom is 0.323 e. The minimum absolute atomic E-state index is 0.248. The van der Waals surface area contributed by atoms with E-state index in [0.717, 1.165) is 16.8 Å². The van der Waals surface area contributed by atoms with Crippen molar-refractivity contribution >= 4 is 22.6 Å². The number of H-pyrrole nitrogens is 2. The molecule has 27 heavy (non-hydrogen) atoms. The van der Waals surface area contributed by atoms with E-state index in [1.54, 1.807) is 25.1 Å². The van der Waals surface area contributed by atoms with Gasteiger partial charge in [0.25, 0.3) is 5.91 Å². The third kappa shape index (κ3) is 3.12. The number of aromatic nitrogens is 5. The molecule has 3 N–H and O–H groups in total. The first kappa shape index (κ1) is 16.8. The maximum atomic E-state index is 12.7. The molecule has 0 unspecified atom stereocenters. The number of carbonyl (C=O) groups is 1. The largest absolute Gasteiger partial charge is 0.323 e. The Morgan fingerprint density at radius 3 is 2.56 bits per heavy atom. The molecule has 0 radical (unpaired) electrons. The monoisotopic (exact) mass is 362 g/mol. The van der Waals surface area contributed by atoms with Crippen molar-refractivity contribution < 1.29 is 4.79 Å². The van der Waals surface area contributed by atoms with Crippen molar-refractivity contribution in [2.24, 2.45) is 0 Å². The molecule has 0 aliphatic rings. The molecule has 0 saturated carbocycles. The van der Waals surface area contributed by atoms with Crippen molar-refractivity contribution in [1.82, 2.24) is 25.0 Å². The highest BCUT2D eigenvalue weighted by molar-refractivity contribution is 6.04. The van der Waals surface area contributed by atoms with Crippen LogP contribution in [0.3, 0.4) is 0 Å². The molecule has 4 rings (SSSR count). The third-order valence-corrected chi connectivity index (χ3v) is 4.34. The predicted octanol–water partition coefficient (Wildman–Crippen LogP) is 2.61. The standard InChI is InChI=1S/C19H18N6O2/c1-10-4-7-16(11(2)8-10)25-23-12(3)17(24-25)18(26)20-13-5-6-14-15(9-13)22-19(27)21-14/h4-9H,1-3H3,(H,20,26)(H2,21,22,27). The lowest BCUT2D eigenvalue weighted by molar-refractivity contribution is 0.102. The molecule has 0 aliphatic carbocycles. The number of rotatable bonds is 3. The highest BCUT2D eigenvalue weighted by atomic mass is 16.2. The van der Waals surface area contributed by atoms with E-state index in [-0.39, 0.29) is 17.3 Å². The molecule has 0 bridgehead atoms. The van der Waals surface area contributed by atoms with Crippen LogP contribution in [-0.4, -0.2) is 30.9 Å². The summed E-state index contributed by atoms with van der Waals surface area (Å²) in [4.78, 5) is 30.8. The van der Waals surface area contributed by atoms with Crippen molar-refractivity contribution in [2.75, 3.05) is 5.32 Å². The fourth-order valence-corrected chi connectivity index (χ4v) is 3.03. The van der Waals surface area contributed by atoms with E-state index in [4.69, 9.17) is 0 Å². The number of hydrogen-bond acceptors (Lipinski definition) is 4. The number of carbonyl (C=O) groups excluding carboxylic acids is 1. The van der Waals surface area contributed by atoms with Gasteiger partial charge < -0.3 is 15.3 Å². The van der Waals surface area contributed by atoms with Crippen LogP contribution in [0.1, 0.15) is 27.3 Å². The Bertz CT molecular complexity index is 1230. The van der Waals surface area contributed by atoms with Crippen LogP contribution in [0.25, 0.3) is 16.7 Å². The van der Waals surface area contributed by atoms with Gasteiger partial charge in [-0.1, -0.05) is 17.7 Å². The first-order chi connectivity index (χ1) is 12.9. The van der Waals surface area contributed by atoms with E-state index in [0.29, 0.717) is 22.4 Å². The summed E-state index contributed by atoms with van der Waals surface area (Å²) in [6.45, 7) is 5.74. The zero-order valence-corrected chi connectivity index (χ0v) is 15.1. The SMILES string of the molecule is Cc1ccc(-n2nc(C)c(C(=O)Nc3ccc4[nH]c(=O)[nH]c4c3)n2)c(C)c1. The molecule has 8 nitrogen and oxygen atoms in total. The predicted molar refractivity (Wildman–Crippen MR) is 102 cm³/mol. The summed E-state index contributed by atoms with van der Waals surface area (Å²) in [6.07, 6.45) is 0. The van der Waals surface area contributed by atoms with Crippen LogP contribution in [0.4, 0.5) is 5.69 Å². The van der Waals surface area contributed by atoms with Gasteiger partial charge in [0, 0.05) is 5.69 Å². The number of benzene rings is 2. The van der Waals surface area contributed by atoms with E-state index in [1.165, 1.54) is 4.80 Å². The van der Waals surface area contributed by atoms with Gasteiger partial charge in [-0.25, -0.2) is 4.79 Å². The van der Waals surface area contributed by atoms with E-state index in [1.807, 2.05) is 32.0 Å². The van der Waals surface area contributed by atoms with E-state index in [2.05, 4.69) is 25.5 Å². The van der Waals surface area contributed by atoms with Gasteiger partial charge in [0.2, 0.25) is 0 Å². The van der Waals surface area contributed by atoms with Gasteiger partial charge in [0.05, 0.1) is 22.4 Å². The van der Waals surface area contributed by atoms with Crippen LogP contribution in [-0.2, 0) is 0 Å².